The van der Waals surface area contributed by atoms with E-state index in [1.165, 1.54) is 12.8 Å². The molecule has 0 aromatic rings. The molecule has 1 saturated carbocycles. The minimum Gasteiger partial charge on any atom is -0.446 e. The maximum atomic E-state index is 11.3. The normalized spacial score (nSPS) is 18.7. The summed E-state index contributed by atoms with van der Waals surface area (Å²) in [6.07, 6.45) is 4.28. The highest BCUT2D eigenvalue weighted by atomic mass is 127. The number of carbonyl (C=O) groups is 1. The third-order valence-corrected chi connectivity index (χ3v) is 2.24. The molecule has 3 nitrogen and oxygen atoms in total. The van der Waals surface area contributed by atoms with Gasteiger partial charge in [-0.15, -0.1) is 0 Å². The summed E-state index contributed by atoms with van der Waals surface area (Å²) in [5, 5.41) is 2.77. The quantitative estimate of drug-likeness (QED) is 0.483. The van der Waals surface area contributed by atoms with Gasteiger partial charge in [-0.25, -0.2) is 4.79 Å². The Labute approximate surface area is 92.7 Å². The van der Waals surface area contributed by atoms with Crippen LogP contribution >= 0.6 is 22.6 Å². The summed E-state index contributed by atoms with van der Waals surface area (Å²) in [6.45, 7) is 3.87. The number of carbonyl (C=O) groups excluding carboxylic acids is 1. The van der Waals surface area contributed by atoms with Crippen LogP contribution in [0.4, 0.5) is 4.79 Å². The van der Waals surface area contributed by atoms with Crippen LogP contribution in [0.25, 0.3) is 0 Å². The molecule has 0 aliphatic heterocycles. The van der Waals surface area contributed by atoms with Crippen LogP contribution in [0.3, 0.4) is 0 Å². The number of ether oxygens (including phenoxy) is 1. The lowest BCUT2D eigenvalue weighted by Gasteiger charge is -2.20. The van der Waals surface area contributed by atoms with Crippen molar-refractivity contribution in [3.05, 3.63) is 0 Å². The fourth-order valence-corrected chi connectivity index (χ4v) is 1.65. The first-order valence-electron chi connectivity index (χ1n) is 4.65. The molecule has 1 N–H and O–H groups in total. The van der Waals surface area contributed by atoms with Crippen molar-refractivity contribution in [3.8, 4) is 0 Å². The Bertz CT molecular complexity index is 183. The standard InChI is InChI=1S/C9H16INO2/c1-9(2,10)11-8(12)13-7-5-3-4-6-7/h7H,3-6H2,1-2H3,(H,11,12). The van der Waals surface area contributed by atoms with Gasteiger partial charge in [0.05, 0.1) is 3.55 Å². The molecule has 1 aliphatic carbocycles. The maximum absolute atomic E-state index is 11.3. The van der Waals surface area contributed by atoms with E-state index in [0.29, 0.717) is 0 Å². The summed E-state index contributed by atoms with van der Waals surface area (Å²) in [5.41, 5.74) is 0. The molecule has 0 aromatic heterocycles. The van der Waals surface area contributed by atoms with Gasteiger partial charge in [-0.05, 0) is 39.5 Å². The first kappa shape index (κ1) is 11.1. The second kappa shape index (κ2) is 4.48. The highest BCUT2D eigenvalue weighted by Gasteiger charge is 2.22. The van der Waals surface area contributed by atoms with E-state index in [0.717, 1.165) is 12.8 Å². The van der Waals surface area contributed by atoms with Crippen LogP contribution in [-0.2, 0) is 4.74 Å². The van der Waals surface area contributed by atoms with Gasteiger partial charge in [0, 0.05) is 0 Å². The molecular weight excluding hydrogens is 281 g/mol. The minimum atomic E-state index is -0.286. The second-order valence-corrected chi connectivity index (χ2v) is 6.61. The minimum absolute atomic E-state index is 0.152. The van der Waals surface area contributed by atoms with Crippen molar-refractivity contribution in [3.63, 3.8) is 0 Å². The van der Waals surface area contributed by atoms with Gasteiger partial charge in [-0.1, -0.05) is 22.6 Å². The number of hydrogen-bond acceptors (Lipinski definition) is 2. The summed E-state index contributed by atoms with van der Waals surface area (Å²) in [7, 11) is 0. The van der Waals surface area contributed by atoms with Crippen LogP contribution in [0.1, 0.15) is 39.5 Å². The summed E-state index contributed by atoms with van der Waals surface area (Å²) in [5.74, 6) is 0. The van der Waals surface area contributed by atoms with E-state index in [9.17, 15) is 4.79 Å². The Morgan fingerprint density at radius 2 is 2.00 bits per heavy atom. The van der Waals surface area contributed by atoms with Crippen molar-refractivity contribution in [2.24, 2.45) is 0 Å². The summed E-state index contributed by atoms with van der Waals surface area (Å²) < 4.78 is 5.00. The van der Waals surface area contributed by atoms with Gasteiger partial charge < -0.3 is 10.1 Å². The molecule has 13 heavy (non-hydrogen) atoms. The van der Waals surface area contributed by atoms with Crippen LogP contribution in [0, 0.1) is 0 Å². The van der Waals surface area contributed by atoms with Crippen LogP contribution in [0.15, 0.2) is 0 Å². The molecular formula is C9H16INO2. The van der Waals surface area contributed by atoms with Crippen LogP contribution in [0.2, 0.25) is 0 Å². The van der Waals surface area contributed by atoms with Gasteiger partial charge in [-0.2, -0.15) is 0 Å². The molecule has 76 valence electrons. The Morgan fingerprint density at radius 3 is 2.46 bits per heavy atom. The molecule has 0 heterocycles. The number of hydrogen-bond donors (Lipinski definition) is 1. The number of amides is 1. The number of alkyl halides is 1. The van der Waals surface area contributed by atoms with Gasteiger partial charge in [0.15, 0.2) is 0 Å². The van der Waals surface area contributed by atoms with E-state index in [4.69, 9.17) is 4.74 Å². The van der Waals surface area contributed by atoms with Crippen LogP contribution in [-0.4, -0.2) is 15.7 Å². The van der Waals surface area contributed by atoms with E-state index in [1.54, 1.807) is 0 Å². The Morgan fingerprint density at radius 1 is 1.46 bits per heavy atom. The zero-order valence-corrected chi connectivity index (χ0v) is 10.3. The average Bonchev–Trinajstić information content (AvgIpc) is 2.34. The highest BCUT2D eigenvalue weighted by Crippen LogP contribution is 2.21. The Kier molecular flexibility index (Phi) is 3.82. The van der Waals surface area contributed by atoms with Crippen molar-refractivity contribution in [1.29, 1.82) is 0 Å². The molecule has 0 unspecified atom stereocenters. The van der Waals surface area contributed by atoms with Gasteiger partial charge in [0.25, 0.3) is 0 Å². The third kappa shape index (κ3) is 4.69. The number of nitrogens with one attached hydrogen (secondary N) is 1. The lowest BCUT2D eigenvalue weighted by molar-refractivity contribution is 0.0984. The molecule has 0 bridgehead atoms. The smallest absolute Gasteiger partial charge is 0.408 e. The van der Waals surface area contributed by atoms with Crippen molar-refractivity contribution in [2.75, 3.05) is 0 Å². The van der Waals surface area contributed by atoms with Crippen molar-refractivity contribution >= 4 is 28.7 Å². The van der Waals surface area contributed by atoms with Crippen molar-refractivity contribution in [2.45, 2.75) is 49.2 Å². The molecule has 1 fully saturated rings. The van der Waals surface area contributed by atoms with Gasteiger partial charge >= 0.3 is 6.09 Å². The molecule has 0 saturated heterocycles. The summed E-state index contributed by atoms with van der Waals surface area (Å²) in [4.78, 5) is 11.3. The summed E-state index contributed by atoms with van der Waals surface area (Å²) >= 11 is 2.17. The molecule has 0 spiro atoms. The predicted octanol–water partition coefficient (Wildman–Crippen LogP) is 2.83. The lowest BCUT2D eigenvalue weighted by Crippen LogP contribution is -2.39. The zero-order valence-electron chi connectivity index (χ0n) is 8.10. The number of halogens is 1. The fraction of sp³-hybridized carbons (Fsp3) is 0.889. The van der Waals surface area contributed by atoms with Gasteiger partial charge in [0.1, 0.15) is 6.10 Å². The third-order valence-electron chi connectivity index (χ3n) is 1.98. The Hall–Kier alpha value is 0. The molecule has 0 radical (unpaired) electrons. The average molecular weight is 297 g/mol. The topological polar surface area (TPSA) is 38.3 Å². The van der Waals surface area contributed by atoms with E-state index >= 15 is 0 Å². The predicted molar refractivity (Wildman–Crippen MR) is 60.0 cm³/mol. The van der Waals surface area contributed by atoms with E-state index in [2.05, 4.69) is 27.9 Å². The first-order chi connectivity index (χ1) is 5.97. The van der Waals surface area contributed by atoms with E-state index in [1.807, 2.05) is 13.8 Å². The molecule has 1 amide bonds. The SMILES string of the molecule is CC(C)(I)NC(=O)OC1CCCC1. The first-order valence-corrected chi connectivity index (χ1v) is 5.73. The van der Waals surface area contributed by atoms with Crippen molar-refractivity contribution in [1.82, 2.24) is 5.32 Å². The monoisotopic (exact) mass is 297 g/mol. The lowest BCUT2D eigenvalue weighted by atomic mass is 10.3. The van der Waals surface area contributed by atoms with Crippen LogP contribution in [0.5, 0.6) is 0 Å². The van der Waals surface area contributed by atoms with Gasteiger partial charge in [-0.3, -0.25) is 0 Å². The Balaban J connectivity index is 2.24. The second-order valence-electron chi connectivity index (χ2n) is 3.91. The highest BCUT2D eigenvalue weighted by molar-refractivity contribution is 14.1. The number of rotatable bonds is 2. The summed E-state index contributed by atoms with van der Waals surface area (Å²) in [6, 6.07) is 0. The van der Waals surface area contributed by atoms with Gasteiger partial charge in [0.2, 0.25) is 0 Å². The molecule has 1 rings (SSSR count). The molecule has 0 atom stereocenters. The fourth-order valence-electron chi connectivity index (χ4n) is 1.43. The molecule has 4 heteroatoms. The van der Waals surface area contributed by atoms with Crippen molar-refractivity contribution < 1.29 is 9.53 Å². The maximum Gasteiger partial charge on any atom is 0.408 e. The van der Waals surface area contributed by atoms with Crippen LogP contribution < -0.4 is 5.32 Å². The zero-order chi connectivity index (χ0) is 9.90. The largest absolute Gasteiger partial charge is 0.446 e. The molecule has 0 aromatic carbocycles. The van der Waals surface area contributed by atoms with E-state index in [-0.39, 0.29) is 15.7 Å². The number of alkyl carbamates (subject to hydrolysis) is 1. The molecule has 1 aliphatic rings. The van der Waals surface area contributed by atoms with E-state index < -0.39 is 0 Å².